The molecule has 1 heterocycles. The normalized spacial score (nSPS) is 10.5. The molecule has 1 N–H and O–H groups in total. The van der Waals surface area contributed by atoms with Crippen molar-refractivity contribution in [3.8, 4) is 0 Å². The number of aryl methyl sites for hydroxylation is 1. The molecule has 0 spiro atoms. The van der Waals surface area contributed by atoms with Crippen LogP contribution in [0.25, 0.3) is 0 Å². The summed E-state index contributed by atoms with van der Waals surface area (Å²) in [7, 11) is 3.71. The highest BCUT2D eigenvalue weighted by Crippen LogP contribution is 2.27. The van der Waals surface area contributed by atoms with Gasteiger partial charge in [-0.05, 0) is 12.1 Å². The molecule has 100 valence electrons. The molecule has 0 saturated carbocycles. The summed E-state index contributed by atoms with van der Waals surface area (Å²) in [5.74, 6) is -0.189. The monoisotopic (exact) mass is 279 g/mol. The number of carbonyl (C=O) groups is 1. The fraction of sp³-hybridized carbons (Fsp3) is 0.231. The first kappa shape index (κ1) is 13.4. The molecule has 0 aliphatic carbocycles. The van der Waals surface area contributed by atoms with Gasteiger partial charge < -0.3 is 14.6 Å². The maximum Gasteiger partial charge on any atom is 0.339 e. The van der Waals surface area contributed by atoms with Gasteiger partial charge in [0.05, 0.1) is 17.3 Å². The second-order valence-electron chi connectivity index (χ2n) is 4.25. The van der Waals surface area contributed by atoms with Crippen molar-refractivity contribution in [2.45, 2.75) is 6.54 Å². The van der Waals surface area contributed by atoms with E-state index in [2.05, 4.69) is 4.98 Å². The first-order valence-corrected chi connectivity index (χ1v) is 6.07. The molecule has 0 aliphatic heterocycles. The maximum atomic E-state index is 11.3. The lowest BCUT2D eigenvalue weighted by Crippen LogP contribution is -2.21. The lowest BCUT2D eigenvalue weighted by Gasteiger charge is -2.21. The Hall–Kier alpha value is -2.01. The van der Waals surface area contributed by atoms with E-state index in [4.69, 9.17) is 11.6 Å². The minimum atomic E-state index is -1.03. The number of hydrogen-bond acceptors (Lipinski definition) is 3. The summed E-state index contributed by atoms with van der Waals surface area (Å²) < 4.78 is 1.89. The molecule has 0 aliphatic rings. The number of carboxylic acids is 1. The van der Waals surface area contributed by atoms with E-state index in [0.29, 0.717) is 12.2 Å². The minimum absolute atomic E-state index is 0.112. The summed E-state index contributed by atoms with van der Waals surface area (Å²) in [6.45, 7) is 0.504. The van der Waals surface area contributed by atoms with Crippen molar-refractivity contribution in [2.24, 2.45) is 7.05 Å². The average molecular weight is 280 g/mol. The van der Waals surface area contributed by atoms with Gasteiger partial charge in [0.1, 0.15) is 11.4 Å². The van der Waals surface area contributed by atoms with Crippen LogP contribution in [0.5, 0.6) is 0 Å². The van der Waals surface area contributed by atoms with Crippen LogP contribution in [-0.4, -0.2) is 27.7 Å². The molecule has 5 nitrogen and oxygen atoms in total. The highest BCUT2D eigenvalue weighted by atomic mass is 35.5. The summed E-state index contributed by atoms with van der Waals surface area (Å²) in [5, 5.41) is 9.48. The van der Waals surface area contributed by atoms with Crippen LogP contribution in [0.3, 0.4) is 0 Å². The summed E-state index contributed by atoms with van der Waals surface area (Å²) in [6.07, 6.45) is 3.55. The van der Waals surface area contributed by atoms with Crippen LogP contribution < -0.4 is 4.90 Å². The average Bonchev–Trinajstić information content (AvgIpc) is 2.74. The van der Waals surface area contributed by atoms with Crippen molar-refractivity contribution in [1.82, 2.24) is 9.55 Å². The van der Waals surface area contributed by atoms with E-state index in [-0.39, 0.29) is 10.6 Å². The van der Waals surface area contributed by atoms with Gasteiger partial charge >= 0.3 is 5.97 Å². The van der Waals surface area contributed by atoms with Gasteiger partial charge in [0.2, 0.25) is 0 Å². The maximum absolute atomic E-state index is 11.3. The zero-order chi connectivity index (χ0) is 14.0. The number of imidazole rings is 1. The minimum Gasteiger partial charge on any atom is -0.478 e. The summed E-state index contributed by atoms with van der Waals surface area (Å²) in [6, 6.07) is 5.04. The predicted octanol–water partition coefficient (Wildman–Crippen LogP) is 2.41. The zero-order valence-electron chi connectivity index (χ0n) is 10.7. The smallest absolute Gasteiger partial charge is 0.339 e. The number of anilines is 1. The third kappa shape index (κ3) is 2.71. The number of carboxylic acid groups (broad SMARTS) is 1. The Morgan fingerprint density at radius 3 is 2.84 bits per heavy atom. The molecule has 1 aromatic carbocycles. The Morgan fingerprint density at radius 2 is 2.26 bits per heavy atom. The summed E-state index contributed by atoms with van der Waals surface area (Å²) in [4.78, 5) is 17.3. The SMILES string of the molecule is CN(Cc1nccn1C)c1cccc(Cl)c1C(=O)O. The number of nitrogens with zero attached hydrogens (tertiary/aromatic N) is 3. The van der Waals surface area contributed by atoms with Gasteiger partial charge in [-0.25, -0.2) is 9.78 Å². The lowest BCUT2D eigenvalue weighted by atomic mass is 10.1. The Morgan fingerprint density at radius 1 is 1.53 bits per heavy atom. The first-order chi connectivity index (χ1) is 9.00. The van der Waals surface area contributed by atoms with Gasteiger partial charge in [0.25, 0.3) is 0 Å². The first-order valence-electron chi connectivity index (χ1n) is 5.70. The molecular formula is C13H14ClN3O2. The number of benzene rings is 1. The Balaban J connectivity index is 2.34. The highest BCUT2D eigenvalue weighted by Gasteiger charge is 2.17. The van der Waals surface area contributed by atoms with Gasteiger partial charge in [0, 0.05) is 26.5 Å². The molecule has 2 aromatic rings. The molecule has 0 amide bonds. The quantitative estimate of drug-likeness (QED) is 0.934. The van der Waals surface area contributed by atoms with Crippen molar-refractivity contribution in [2.75, 3.05) is 11.9 Å². The molecule has 2 rings (SSSR count). The largest absolute Gasteiger partial charge is 0.478 e. The van der Waals surface area contributed by atoms with Gasteiger partial charge in [0.15, 0.2) is 0 Å². The topological polar surface area (TPSA) is 58.4 Å². The van der Waals surface area contributed by atoms with Gasteiger partial charge in [-0.15, -0.1) is 0 Å². The number of rotatable bonds is 4. The fourth-order valence-corrected chi connectivity index (χ4v) is 2.14. The second kappa shape index (κ2) is 5.32. The number of aromatic nitrogens is 2. The molecule has 0 atom stereocenters. The van der Waals surface area contributed by atoms with Crippen molar-refractivity contribution in [3.63, 3.8) is 0 Å². The molecule has 0 bridgehead atoms. The van der Waals surface area contributed by atoms with Crippen LogP contribution in [0.1, 0.15) is 16.2 Å². The molecule has 0 fully saturated rings. The van der Waals surface area contributed by atoms with E-state index < -0.39 is 5.97 Å². The van der Waals surface area contributed by atoms with Crippen molar-refractivity contribution in [3.05, 3.63) is 47.0 Å². The van der Waals surface area contributed by atoms with Crippen LogP contribution in [0.15, 0.2) is 30.6 Å². The van der Waals surface area contributed by atoms with Gasteiger partial charge in [-0.2, -0.15) is 0 Å². The third-order valence-corrected chi connectivity index (χ3v) is 3.23. The van der Waals surface area contributed by atoms with Crippen LogP contribution in [0.2, 0.25) is 5.02 Å². The van der Waals surface area contributed by atoms with Gasteiger partial charge in [-0.1, -0.05) is 17.7 Å². The van der Waals surface area contributed by atoms with E-state index in [0.717, 1.165) is 5.82 Å². The van der Waals surface area contributed by atoms with E-state index in [9.17, 15) is 9.90 Å². The van der Waals surface area contributed by atoms with Crippen molar-refractivity contribution in [1.29, 1.82) is 0 Å². The molecule has 0 saturated heterocycles. The number of aromatic carboxylic acids is 1. The number of halogens is 1. The standard InChI is InChI=1S/C13H14ClN3O2/c1-16-7-6-15-11(16)8-17(2)10-5-3-4-9(14)12(10)13(18)19/h3-7H,8H2,1-2H3,(H,18,19). The van der Waals surface area contributed by atoms with Gasteiger partial charge in [-0.3, -0.25) is 0 Å². The van der Waals surface area contributed by atoms with Crippen LogP contribution in [0, 0.1) is 0 Å². The van der Waals surface area contributed by atoms with Crippen molar-refractivity contribution >= 4 is 23.3 Å². The van der Waals surface area contributed by atoms with E-state index >= 15 is 0 Å². The number of hydrogen-bond donors (Lipinski definition) is 1. The predicted molar refractivity (Wildman–Crippen MR) is 73.7 cm³/mol. The van der Waals surface area contributed by atoms with E-state index in [1.54, 1.807) is 24.4 Å². The third-order valence-electron chi connectivity index (χ3n) is 2.92. The molecule has 1 aromatic heterocycles. The van der Waals surface area contributed by atoms with E-state index in [1.165, 1.54) is 0 Å². The molecule has 19 heavy (non-hydrogen) atoms. The molecule has 0 radical (unpaired) electrons. The van der Waals surface area contributed by atoms with Crippen molar-refractivity contribution < 1.29 is 9.90 Å². The Labute approximate surface area is 116 Å². The molecule has 0 unspecified atom stereocenters. The highest BCUT2D eigenvalue weighted by molar-refractivity contribution is 6.34. The van der Waals surface area contributed by atoms with E-state index in [1.807, 2.05) is 29.8 Å². The zero-order valence-corrected chi connectivity index (χ0v) is 11.4. The van der Waals surface area contributed by atoms with Crippen LogP contribution in [-0.2, 0) is 13.6 Å². The second-order valence-corrected chi connectivity index (χ2v) is 4.66. The summed E-state index contributed by atoms with van der Waals surface area (Å²) in [5.41, 5.74) is 0.684. The van der Waals surface area contributed by atoms with Crippen LogP contribution >= 0.6 is 11.6 Å². The molecule has 6 heteroatoms. The Bertz CT molecular complexity index is 610. The lowest BCUT2D eigenvalue weighted by molar-refractivity contribution is 0.0697. The Kier molecular flexibility index (Phi) is 3.76. The molecular weight excluding hydrogens is 266 g/mol. The summed E-state index contributed by atoms with van der Waals surface area (Å²) >= 11 is 5.95. The fourth-order valence-electron chi connectivity index (χ4n) is 1.89. The van der Waals surface area contributed by atoms with Crippen LogP contribution in [0.4, 0.5) is 5.69 Å².